The molecule has 12 nitrogen and oxygen atoms in total. The Balaban J connectivity index is 1.66. The molecule has 0 aliphatic carbocycles. The van der Waals surface area contributed by atoms with Crippen LogP contribution in [0.4, 0.5) is 34.1 Å². The van der Waals surface area contributed by atoms with Crippen LogP contribution in [0.5, 0.6) is 0 Å². The number of anilines is 6. The molecule has 284 valence electrons. The van der Waals surface area contributed by atoms with Crippen molar-refractivity contribution in [3.63, 3.8) is 0 Å². The zero-order valence-corrected chi connectivity index (χ0v) is 32.9. The first-order valence-electron chi connectivity index (χ1n) is 16.8. The minimum atomic E-state index is -5.06. The van der Waals surface area contributed by atoms with Gasteiger partial charge in [0, 0.05) is 62.5 Å². The van der Waals surface area contributed by atoms with E-state index >= 15 is 0 Å². The second-order valence-electron chi connectivity index (χ2n) is 13.8. The Morgan fingerprint density at radius 1 is 0.611 bits per heavy atom. The second kappa shape index (κ2) is 15.1. The van der Waals surface area contributed by atoms with E-state index < -0.39 is 41.9 Å². The lowest BCUT2D eigenvalue weighted by atomic mass is 9.84. The van der Waals surface area contributed by atoms with E-state index in [0.29, 0.717) is 17.2 Å². The molecule has 5 aromatic carbocycles. The minimum absolute atomic E-state index is 0.0421. The summed E-state index contributed by atoms with van der Waals surface area (Å²) in [7, 11) is -2.12. The van der Waals surface area contributed by atoms with Crippen LogP contribution in [0.25, 0.3) is 0 Å². The molecular formula is C40H44N4O8S2. The normalized spacial score (nSPS) is 12.3. The maximum Gasteiger partial charge on any atom is 0.337 e. The lowest BCUT2D eigenvalue weighted by molar-refractivity contribution is 0.0697. The Kier molecular flexibility index (Phi) is 11.2. The van der Waals surface area contributed by atoms with Gasteiger partial charge in [-0.05, 0) is 127 Å². The van der Waals surface area contributed by atoms with Gasteiger partial charge >= 0.3 is 5.97 Å². The number of benzene rings is 5. The molecule has 5 rings (SSSR count). The van der Waals surface area contributed by atoms with Crippen molar-refractivity contribution in [2.24, 2.45) is 0 Å². The first-order valence-corrected chi connectivity index (χ1v) is 19.7. The predicted molar refractivity (Wildman–Crippen MR) is 214 cm³/mol. The number of nitrogens with one attached hydrogen (secondary N) is 2. The van der Waals surface area contributed by atoms with Crippen molar-refractivity contribution in [1.82, 2.24) is 0 Å². The summed E-state index contributed by atoms with van der Waals surface area (Å²) < 4.78 is 69.7. The SMILES string of the molecule is Cc1cc(N(C)C)cc(C)c1Nc1ccc(C(c2ccc(Nc3c(C)cc(N(C)C)cc3C)c(C(=O)O)c2)c2ccc(S(=O)(=O)O)cc2S(=O)(=O)O)cc1. The van der Waals surface area contributed by atoms with Crippen molar-refractivity contribution in [3.8, 4) is 0 Å². The fourth-order valence-corrected chi connectivity index (χ4v) is 7.89. The topological polar surface area (TPSA) is 177 Å². The Labute approximate surface area is 316 Å². The molecule has 0 bridgehead atoms. The number of rotatable bonds is 12. The number of carboxylic acid groups (broad SMARTS) is 1. The summed E-state index contributed by atoms with van der Waals surface area (Å²) >= 11 is 0. The number of nitrogens with zero attached hydrogens (tertiary/aromatic N) is 2. The third kappa shape index (κ3) is 8.52. The van der Waals surface area contributed by atoms with Gasteiger partial charge in [0.15, 0.2) is 0 Å². The van der Waals surface area contributed by atoms with Gasteiger partial charge in [-0.3, -0.25) is 9.11 Å². The quantitative estimate of drug-likeness (QED) is 0.0613. The van der Waals surface area contributed by atoms with Crippen LogP contribution in [0.2, 0.25) is 0 Å². The molecule has 0 radical (unpaired) electrons. The van der Waals surface area contributed by atoms with E-state index in [-0.39, 0.29) is 16.8 Å². The van der Waals surface area contributed by atoms with Gasteiger partial charge in [0.25, 0.3) is 20.2 Å². The summed E-state index contributed by atoms with van der Waals surface area (Å²) in [6.07, 6.45) is 0. The maximum absolute atomic E-state index is 12.8. The Morgan fingerprint density at radius 3 is 1.54 bits per heavy atom. The molecule has 0 spiro atoms. The highest BCUT2D eigenvalue weighted by Crippen LogP contribution is 2.40. The molecule has 54 heavy (non-hydrogen) atoms. The van der Waals surface area contributed by atoms with Crippen molar-refractivity contribution in [1.29, 1.82) is 0 Å². The maximum atomic E-state index is 12.8. The number of carbonyl (C=O) groups is 1. The van der Waals surface area contributed by atoms with Crippen LogP contribution in [0.15, 0.2) is 94.7 Å². The van der Waals surface area contributed by atoms with E-state index in [1.807, 2.05) is 77.8 Å². The molecule has 5 aromatic rings. The van der Waals surface area contributed by atoms with E-state index in [0.717, 1.165) is 56.8 Å². The highest BCUT2D eigenvalue weighted by Gasteiger charge is 2.29. The Morgan fingerprint density at radius 2 is 1.09 bits per heavy atom. The van der Waals surface area contributed by atoms with Gasteiger partial charge < -0.3 is 25.5 Å². The fraction of sp³-hybridized carbons (Fsp3) is 0.225. The van der Waals surface area contributed by atoms with Crippen LogP contribution < -0.4 is 20.4 Å². The number of carboxylic acids is 1. The summed E-state index contributed by atoms with van der Waals surface area (Å²) in [6.45, 7) is 7.83. The first kappa shape index (κ1) is 39.8. The molecule has 0 heterocycles. The highest BCUT2D eigenvalue weighted by molar-refractivity contribution is 7.86. The van der Waals surface area contributed by atoms with Crippen LogP contribution in [0.3, 0.4) is 0 Å². The summed E-state index contributed by atoms with van der Waals surface area (Å²) in [6, 6.07) is 22.7. The third-order valence-electron chi connectivity index (χ3n) is 9.32. The number of aromatic carboxylic acids is 1. The Bertz CT molecular complexity index is 2430. The van der Waals surface area contributed by atoms with Crippen molar-refractivity contribution < 1.29 is 35.8 Å². The average molecular weight is 773 g/mol. The molecule has 0 amide bonds. The van der Waals surface area contributed by atoms with Gasteiger partial charge in [0.1, 0.15) is 0 Å². The molecule has 0 saturated heterocycles. The second-order valence-corrected chi connectivity index (χ2v) is 16.6. The van der Waals surface area contributed by atoms with E-state index in [2.05, 4.69) is 22.8 Å². The van der Waals surface area contributed by atoms with Crippen LogP contribution in [0, 0.1) is 27.7 Å². The summed E-state index contributed by atoms with van der Waals surface area (Å²) in [4.78, 5) is 15.3. The minimum Gasteiger partial charge on any atom is -0.478 e. The van der Waals surface area contributed by atoms with Crippen molar-refractivity contribution >= 4 is 60.3 Å². The van der Waals surface area contributed by atoms with Gasteiger partial charge in [-0.15, -0.1) is 0 Å². The zero-order chi connectivity index (χ0) is 39.9. The van der Waals surface area contributed by atoms with Crippen LogP contribution in [0.1, 0.15) is 55.2 Å². The van der Waals surface area contributed by atoms with Gasteiger partial charge in [0.2, 0.25) is 0 Å². The molecule has 14 heteroatoms. The number of hydrogen-bond donors (Lipinski definition) is 5. The van der Waals surface area contributed by atoms with Crippen LogP contribution in [-0.4, -0.2) is 65.2 Å². The number of aryl methyl sites for hydroxylation is 4. The van der Waals surface area contributed by atoms with Crippen molar-refractivity contribution in [2.45, 2.75) is 43.4 Å². The first-order chi connectivity index (χ1) is 25.1. The van der Waals surface area contributed by atoms with E-state index in [4.69, 9.17) is 0 Å². The predicted octanol–water partition coefficient (Wildman–Crippen LogP) is 7.91. The average Bonchev–Trinajstić information content (AvgIpc) is 3.08. The van der Waals surface area contributed by atoms with Crippen LogP contribution >= 0.6 is 0 Å². The molecule has 0 aliphatic heterocycles. The number of hydrogen-bond acceptors (Lipinski definition) is 9. The third-order valence-corrected chi connectivity index (χ3v) is 11.1. The summed E-state index contributed by atoms with van der Waals surface area (Å²) in [5, 5.41) is 17.2. The highest BCUT2D eigenvalue weighted by atomic mass is 32.2. The van der Waals surface area contributed by atoms with Crippen molar-refractivity contribution in [3.05, 3.63) is 129 Å². The van der Waals surface area contributed by atoms with E-state index in [9.17, 15) is 35.8 Å². The lowest BCUT2D eigenvalue weighted by Crippen LogP contribution is -2.13. The lowest BCUT2D eigenvalue weighted by Gasteiger charge is -2.24. The van der Waals surface area contributed by atoms with E-state index in [1.165, 1.54) is 12.1 Å². The van der Waals surface area contributed by atoms with Crippen molar-refractivity contribution in [2.75, 3.05) is 48.6 Å². The monoisotopic (exact) mass is 772 g/mol. The smallest absolute Gasteiger partial charge is 0.337 e. The standard InChI is InChI=1S/C40H44N4O8S2/c1-23-17-30(43(5)6)18-24(2)38(23)41-29-12-9-27(10-13-29)37(33-15-14-32(53(47,48)49)22-36(33)54(50,51)52)28-11-16-35(34(21-28)40(45)46)42-39-25(3)19-31(44(7)8)20-26(39)4/h9-22,37,41-42H,1-8H3,(H,45,46)(H,47,48,49)(H,50,51,52). The molecular weight excluding hydrogens is 729 g/mol. The fourth-order valence-electron chi connectivity index (χ4n) is 6.55. The molecule has 1 atom stereocenters. The summed E-state index contributed by atoms with van der Waals surface area (Å²) in [5.41, 5.74) is 9.19. The van der Waals surface area contributed by atoms with E-state index in [1.54, 1.807) is 36.4 Å². The van der Waals surface area contributed by atoms with Crippen LogP contribution in [-0.2, 0) is 20.2 Å². The largest absolute Gasteiger partial charge is 0.478 e. The van der Waals surface area contributed by atoms with Gasteiger partial charge in [-0.1, -0.05) is 24.3 Å². The summed E-state index contributed by atoms with van der Waals surface area (Å²) in [5.74, 6) is -2.27. The molecule has 5 N–H and O–H groups in total. The Hall–Kier alpha value is -5.41. The van der Waals surface area contributed by atoms with Gasteiger partial charge in [-0.25, -0.2) is 4.79 Å². The van der Waals surface area contributed by atoms with Gasteiger partial charge in [0.05, 0.1) is 21.0 Å². The molecule has 1 unspecified atom stereocenters. The molecule has 0 aromatic heterocycles. The zero-order valence-electron chi connectivity index (χ0n) is 31.3. The van der Waals surface area contributed by atoms with Gasteiger partial charge in [-0.2, -0.15) is 16.8 Å². The molecule has 0 fully saturated rings. The molecule has 0 aliphatic rings. The molecule has 0 saturated carbocycles.